The molecule has 0 amide bonds. The van der Waals surface area contributed by atoms with Crippen LogP contribution in [0.3, 0.4) is 0 Å². The Morgan fingerprint density at radius 1 is 1.29 bits per heavy atom. The number of benzene rings is 1. The predicted octanol–water partition coefficient (Wildman–Crippen LogP) is 3.48. The summed E-state index contributed by atoms with van der Waals surface area (Å²) in [6, 6.07) is 3.33. The highest BCUT2D eigenvalue weighted by Crippen LogP contribution is 2.37. The van der Waals surface area contributed by atoms with Gasteiger partial charge in [-0.25, -0.2) is 4.39 Å². The summed E-state index contributed by atoms with van der Waals surface area (Å²) >= 11 is -0.334. The second-order valence-corrected chi connectivity index (χ2v) is 3.58. The molecule has 0 aliphatic carbocycles. The van der Waals surface area contributed by atoms with E-state index in [0.29, 0.717) is 0 Å². The van der Waals surface area contributed by atoms with Gasteiger partial charge in [0, 0.05) is 11.9 Å². The van der Waals surface area contributed by atoms with Gasteiger partial charge in [0.2, 0.25) is 0 Å². The Morgan fingerprint density at radius 3 is 2.36 bits per heavy atom. The Bertz CT molecular complexity index is 324. The molecule has 78 valence electrons. The average Bonchev–Trinajstić information content (AvgIpc) is 2.01. The first-order valence-corrected chi connectivity index (χ1v) is 4.47. The minimum absolute atomic E-state index is 0.158. The topological polar surface area (TPSA) is 12.0 Å². The van der Waals surface area contributed by atoms with E-state index in [1.165, 1.54) is 19.2 Å². The Morgan fingerprint density at radius 2 is 1.93 bits per heavy atom. The summed E-state index contributed by atoms with van der Waals surface area (Å²) in [5, 5.41) is 2.52. The lowest BCUT2D eigenvalue weighted by molar-refractivity contribution is -0.0328. The molecule has 0 aliphatic rings. The molecule has 0 saturated carbocycles. The fourth-order valence-corrected chi connectivity index (χ4v) is 1.46. The molecule has 1 aromatic carbocycles. The van der Waals surface area contributed by atoms with E-state index in [0.717, 1.165) is 6.07 Å². The molecule has 1 N–H and O–H groups in total. The summed E-state index contributed by atoms with van der Waals surface area (Å²) in [6.07, 6.45) is 0. The van der Waals surface area contributed by atoms with Gasteiger partial charge in [0.15, 0.2) is 0 Å². The molecule has 1 aromatic rings. The van der Waals surface area contributed by atoms with Crippen molar-refractivity contribution in [1.29, 1.82) is 0 Å². The molecule has 14 heavy (non-hydrogen) atoms. The number of alkyl halides is 3. The Labute approximate surface area is 82.5 Å². The number of halogens is 4. The Hall–Kier alpha value is -0.910. The van der Waals surface area contributed by atoms with Gasteiger partial charge in [0.1, 0.15) is 5.82 Å². The molecule has 0 fully saturated rings. The maximum Gasteiger partial charge on any atom is 0.446 e. The van der Waals surface area contributed by atoms with Gasteiger partial charge in [-0.1, -0.05) is 0 Å². The second-order valence-electron chi connectivity index (χ2n) is 2.44. The van der Waals surface area contributed by atoms with Crippen molar-refractivity contribution in [2.75, 3.05) is 12.4 Å². The van der Waals surface area contributed by atoms with E-state index < -0.39 is 11.3 Å². The molecule has 0 radical (unpaired) electrons. The van der Waals surface area contributed by atoms with Gasteiger partial charge < -0.3 is 5.32 Å². The molecule has 0 saturated heterocycles. The van der Waals surface area contributed by atoms with Gasteiger partial charge >= 0.3 is 5.51 Å². The van der Waals surface area contributed by atoms with Crippen LogP contribution >= 0.6 is 11.8 Å². The maximum absolute atomic E-state index is 13.0. The average molecular weight is 225 g/mol. The lowest BCUT2D eigenvalue weighted by atomic mass is 10.3. The van der Waals surface area contributed by atoms with Crippen molar-refractivity contribution in [3.05, 3.63) is 24.0 Å². The normalized spacial score (nSPS) is 11.5. The van der Waals surface area contributed by atoms with Crippen LogP contribution in [0.5, 0.6) is 0 Å². The van der Waals surface area contributed by atoms with Gasteiger partial charge in [-0.2, -0.15) is 13.2 Å². The predicted molar refractivity (Wildman–Crippen MR) is 47.9 cm³/mol. The number of nitrogens with one attached hydrogen (secondary N) is 1. The van der Waals surface area contributed by atoms with Crippen LogP contribution in [-0.2, 0) is 0 Å². The molecule has 0 bridgehead atoms. The standard InChI is InChI=1S/C8H7F4NS/c1-13-7-3-2-5(4-6(7)9)14-8(10,11)12/h2-4,13H,1H3. The first kappa shape index (κ1) is 11.2. The zero-order valence-corrected chi connectivity index (χ0v) is 7.97. The SMILES string of the molecule is CNc1ccc(SC(F)(F)F)cc1F. The molecule has 0 heterocycles. The monoisotopic (exact) mass is 225 g/mol. The quantitative estimate of drug-likeness (QED) is 0.610. The van der Waals surface area contributed by atoms with E-state index in [2.05, 4.69) is 5.32 Å². The van der Waals surface area contributed by atoms with Crippen LogP contribution in [0.25, 0.3) is 0 Å². The summed E-state index contributed by atoms with van der Waals surface area (Å²) in [6.45, 7) is 0. The molecule has 1 nitrogen and oxygen atoms in total. The lowest BCUT2D eigenvalue weighted by Crippen LogP contribution is -2.00. The van der Waals surface area contributed by atoms with E-state index in [4.69, 9.17) is 0 Å². The number of anilines is 1. The Kier molecular flexibility index (Phi) is 3.25. The first-order valence-electron chi connectivity index (χ1n) is 3.65. The van der Waals surface area contributed by atoms with Crippen LogP contribution in [0.15, 0.2) is 23.1 Å². The third-order valence-electron chi connectivity index (χ3n) is 1.44. The van der Waals surface area contributed by atoms with Gasteiger partial charge in [0.25, 0.3) is 0 Å². The van der Waals surface area contributed by atoms with E-state index in [-0.39, 0.29) is 22.3 Å². The molecule has 0 spiro atoms. The van der Waals surface area contributed by atoms with E-state index in [9.17, 15) is 17.6 Å². The van der Waals surface area contributed by atoms with Crippen molar-refractivity contribution in [2.24, 2.45) is 0 Å². The summed E-state index contributed by atoms with van der Waals surface area (Å²) in [7, 11) is 1.50. The molecule has 0 unspecified atom stereocenters. The van der Waals surface area contributed by atoms with Crippen molar-refractivity contribution in [1.82, 2.24) is 0 Å². The summed E-state index contributed by atoms with van der Waals surface area (Å²) in [5.74, 6) is -0.693. The third-order valence-corrected chi connectivity index (χ3v) is 2.16. The summed E-state index contributed by atoms with van der Waals surface area (Å²) < 4.78 is 48.6. The Balaban J connectivity index is 2.87. The van der Waals surface area contributed by atoms with Crippen molar-refractivity contribution in [3.8, 4) is 0 Å². The zero-order valence-electron chi connectivity index (χ0n) is 7.15. The molecule has 6 heteroatoms. The van der Waals surface area contributed by atoms with Crippen LogP contribution in [0.2, 0.25) is 0 Å². The number of rotatable bonds is 2. The van der Waals surface area contributed by atoms with Crippen molar-refractivity contribution < 1.29 is 17.6 Å². The fraction of sp³-hybridized carbons (Fsp3) is 0.250. The minimum atomic E-state index is -4.38. The third kappa shape index (κ3) is 3.10. The molecule has 1 rings (SSSR count). The fourth-order valence-electron chi connectivity index (χ4n) is 0.896. The van der Waals surface area contributed by atoms with Crippen LogP contribution in [0.4, 0.5) is 23.2 Å². The zero-order chi connectivity index (χ0) is 10.8. The highest BCUT2D eigenvalue weighted by Gasteiger charge is 2.29. The minimum Gasteiger partial charge on any atom is -0.386 e. The second kappa shape index (κ2) is 4.08. The molecule has 0 aliphatic heterocycles. The number of hydrogen-bond acceptors (Lipinski definition) is 2. The van der Waals surface area contributed by atoms with Gasteiger partial charge in [0.05, 0.1) is 5.69 Å². The highest BCUT2D eigenvalue weighted by atomic mass is 32.2. The van der Waals surface area contributed by atoms with E-state index >= 15 is 0 Å². The van der Waals surface area contributed by atoms with E-state index in [1.54, 1.807) is 0 Å². The molecular weight excluding hydrogens is 218 g/mol. The number of thioether (sulfide) groups is 1. The molecule has 0 atom stereocenters. The molecular formula is C8H7F4NS. The van der Waals surface area contributed by atoms with Gasteiger partial charge in [-0.3, -0.25) is 0 Å². The molecule has 0 aromatic heterocycles. The highest BCUT2D eigenvalue weighted by molar-refractivity contribution is 8.00. The maximum atomic E-state index is 13.0. The number of hydrogen-bond donors (Lipinski definition) is 1. The van der Waals surface area contributed by atoms with E-state index in [1.807, 2.05) is 0 Å². The van der Waals surface area contributed by atoms with Crippen LogP contribution in [0.1, 0.15) is 0 Å². The lowest BCUT2D eigenvalue weighted by Gasteiger charge is -2.07. The summed E-state index contributed by atoms with van der Waals surface area (Å²) in [5.41, 5.74) is -4.20. The van der Waals surface area contributed by atoms with Crippen LogP contribution < -0.4 is 5.32 Å². The van der Waals surface area contributed by atoms with Gasteiger partial charge in [-0.15, -0.1) is 0 Å². The smallest absolute Gasteiger partial charge is 0.386 e. The van der Waals surface area contributed by atoms with Crippen molar-refractivity contribution >= 4 is 17.4 Å². The van der Waals surface area contributed by atoms with Crippen molar-refractivity contribution in [2.45, 2.75) is 10.4 Å². The van der Waals surface area contributed by atoms with Crippen LogP contribution in [-0.4, -0.2) is 12.6 Å². The van der Waals surface area contributed by atoms with Gasteiger partial charge in [-0.05, 0) is 30.0 Å². The van der Waals surface area contributed by atoms with Crippen molar-refractivity contribution in [3.63, 3.8) is 0 Å². The first-order chi connectivity index (χ1) is 6.42. The summed E-state index contributed by atoms with van der Waals surface area (Å²) in [4.78, 5) is -0.158. The van der Waals surface area contributed by atoms with Crippen LogP contribution in [0, 0.1) is 5.82 Å². The largest absolute Gasteiger partial charge is 0.446 e.